The SMILES string of the molecule is CCCCc1c(C)c(Br)c(Br)c(N=C(C)Br)c1C. The third-order valence-corrected chi connectivity index (χ3v) is 5.51. The van der Waals surface area contributed by atoms with Crippen molar-refractivity contribution in [3.8, 4) is 0 Å². The van der Waals surface area contributed by atoms with E-state index in [1.807, 2.05) is 6.92 Å². The van der Waals surface area contributed by atoms with Gasteiger partial charge in [-0.05, 0) is 98.1 Å². The van der Waals surface area contributed by atoms with Gasteiger partial charge >= 0.3 is 0 Å². The van der Waals surface area contributed by atoms with Gasteiger partial charge in [-0.2, -0.15) is 0 Å². The Bertz CT molecular complexity index is 475. The Labute approximate surface area is 135 Å². The van der Waals surface area contributed by atoms with Crippen LogP contribution >= 0.6 is 47.8 Å². The highest BCUT2D eigenvalue weighted by Crippen LogP contribution is 2.41. The lowest BCUT2D eigenvalue weighted by atomic mass is 9.96. The van der Waals surface area contributed by atoms with E-state index in [0.717, 1.165) is 25.7 Å². The smallest absolute Gasteiger partial charge is 0.0824 e. The highest BCUT2D eigenvalue weighted by molar-refractivity contribution is 9.18. The first kappa shape index (κ1) is 16.4. The van der Waals surface area contributed by atoms with E-state index in [1.54, 1.807) is 0 Å². The Kier molecular flexibility index (Phi) is 6.56. The molecule has 0 heterocycles. The van der Waals surface area contributed by atoms with E-state index >= 15 is 0 Å². The van der Waals surface area contributed by atoms with Gasteiger partial charge in [-0.3, -0.25) is 0 Å². The maximum atomic E-state index is 4.59. The molecule has 0 atom stereocenters. The number of benzene rings is 1. The Morgan fingerprint density at radius 3 is 2.22 bits per heavy atom. The fraction of sp³-hybridized carbons (Fsp3) is 0.500. The van der Waals surface area contributed by atoms with Crippen LogP contribution in [0.5, 0.6) is 0 Å². The summed E-state index contributed by atoms with van der Waals surface area (Å²) in [6, 6.07) is 0. The van der Waals surface area contributed by atoms with Gasteiger partial charge in [0.1, 0.15) is 0 Å². The Morgan fingerprint density at radius 2 is 1.72 bits per heavy atom. The number of rotatable bonds is 4. The van der Waals surface area contributed by atoms with Crippen LogP contribution in [0.1, 0.15) is 43.4 Å². The molecule has 0 fully saturated rings. The summed E-state index contributed by atoms with van der Waals surface area (Å²) in [6.07, 6.45) is 3.54. The van der Waals surface area contributed by atoms with Gasteiger partial charge in [0.05, 0.1) is 14.8 Å². The average molecular weight is 440 g/mol. The van der Waals surface area contributed by atoms with Gasteiger partial charge in [0, 0.05) is 4.47 Å². The minimum Gasteiger partial charge on any atom is -0.245 e. The van der Waals surface area contributed by atoms with Gasteiger partial charge in [-0.15, -0.1) is 0 Å². The van der Waals surface area contributed by atoms with E-state index < -0.39 is 0 Å². The van der Waals surface area contributed by atoms with Crippen molar-refractivity contribution in [2.75, 3.05) is 0 Å². The third kappa shape index (κ3) is 3.67. The van der Waals surface area contributed by atoms with E-state index in [4.69, 9.17) is 0 Å². The van der Waals surface area contributed by atoms with Crippen LogP contribution < -0.4 is 0 Å². The minimum atomic E-state index is 0.892. The molecule has 0 N–H and O–H groups in total. The largest absolute Gasteiger partial charge is 0.245 e. The van der Waals surface area contributed by atoms with Crippen molar-refractivity contribution in [3.05, 3.63) is 25.6 Å². The molecule has 1 aromatic carbocycles. The van der Waals surface area contributed by atoms with Crippen molar-refractivity contribution in [2.24, 2.45) is 4.99 Å². The van der Waals surface area contributed by atoms with Crippen molar-refractivity contribution >= 4 is 58.1 Å². The zero-order valence-corrected chi connectivity index (χ0v) is 16.0. The molecule has 0 saturated carbocycles. The molecule has 0 radical (unpaired) electrons. The monoisotopic (exact) mass is 437 g/mol. The lowest BCUT2D eigenvalue weighted by Crippen LogP contribution is -1.97. The lowest BCUT2D eigenvalue weighted by Gasteiger charge is -2.16. The molecule has 0 saturated heterocycles. The average Bonchev–Trinajstić information content (AvgIpc) is 2.32. The summed E-state index contributed by atoms with van der Waals surface area (Å²) in [5.41, 5.74) is 5.03. The maximum Gasteiger partial charge on any atom is 0.0824 e. The molecule has 0 aliphatic heterocycles. The number of hydrogen-bond donors (Lipinski definition) is 0. The lowest BCUT2D eigenvalue weighted by molar-refractivity contribution is 0.786. The molecule has 0 unspecified atom stereocenters. The molecule has 0 aromatic heterocycles. The molecule has 0 bridgehead atoms. The zero-order valence-electron chi connectivity index (χ0n) is 11.2. The summed E-state index contributed by atoms with van der Waals surface area (Å²) in [5.74, 6) is 0. The molecular formula is C14H18Br3N. The second-order valence-corrected chi connectivity index (χ2v) is 7.15. The van der Waals surface area contributed by atoms with Crippen LogP contribution in [0, 0.1) is 13.8 Å². The molecular weight excluding hydrogens is 422 g/mol. The first-order chi connectivity index (χ1) is 8.40. The van der Waals surface area contributed by atoms with Crippen LogP contribution in [0.15, 0.2) is 13.9 Å². The Balaban J connectivity index is 3.44. The quantitative estimate of drug-likeness (QED) is 0.467. The predicted molar refractivity (Wildman–Crippen MR) is 91.6 cm³/mol. The van der Waals surface area contributed by atoms with E-state index in [9.17, 15) is 0 Å². The fourth-order valence-electron chi connectivity index (χ4n) is 2.01. The maximum absolute atomic E-state index is 4.59. The molecule has 18 heavy (non-hydrogen) atoms. The summed E-state index contributed by atoms with van der Waals surface area (Å²) in [7, 11) is 0. The molecule has 1 nitrogen and oxygen atoms in total. The number of aliphatic imine (C=N–C) groups is 1. The molecule has 0 aliphatic carbocycles. The van der Waals surface area contributed by atoms with E-state index in [2.05, 4.69) is 73.6 Å². The molecule has 0 amide bonds. The highest BCUT2D eigenvalue weighted by Gasteiger charge is 2.16. The van der Waals surface area contributed by atoms with Gasteiger partial charge in [-0.1, -0.05) is 13.3 Å². The normalized spacial score (nSPS) is 12.1. The van der Waals surface area contributed by atoms with Crippen molar-refractivity contribution in [3.63, 3.8) is 0 Å². The molecule has 100 valence electrons. The summed E-state index contributed by atoms with van der Waals surface area (Å²) in [5, 5.41) is 0. The van der Waals surface area contributed by atoms with Gasteiger partial charge < -0.3 is 0 Å². The second-order valence-electron chi connectivity index (χ2n) is 4.42. The summed E-state index contributed by atoms with van der Waals surface area (Å²) >= 11 is 10.7. The summed E-state index contributed by atoms with van der Waals surface area (Å²) in [6.45, 7) is 8.50. The summed E-state index contributed by atoms with van der Waals surface area (Å²) in [4.78, 5) is 4.59. The van der Waals surface area contributed by atoms with E-state index in [1.165, 1.54) is 29.5 Å². The van der Waals surface area contributed by atoms with E-state index in [0.29, 0.717) is 0 Å². The first-order valence-corrected chi connectivity index (χ1v) is 8.45. The number of nitrogens with zero attached hydrogens (tertiary/aromatic N) is 1. The number of hydrogen-bond acceptors (Lipinski definition) is 1. The van der Waals surface area contributed by atoms with Crippen LogP contribution in [-0.2, 0) is 6.42 Å². The number of unbranched alkanes of at least 4 members (excludes halogenated alkanes) is 1. The third-order valence-electron chi connectivity index (χ3n) is 3.04. The van der Waals surface area contributed by atoms with Gasteiger partial charge in [0.25, 0.3) is 0 Å². The van der Waals surface area contributed by atoms with Gasteiger partial charge in [0.15, 0.2) is 0 Å². The van der Waals surface area contributed by atoms with Crippen LogP contribution in [0.4, 0.5) is 5.69 Å². The minimum absolute atomic E-state index is 0.892. The van der Waals surface area contributed by atoms with Crippen LogP contribution in [0.25, 0.3) is 0 Å². The topological polar surface area (TPSA) is 12.4 Å². The van der Waals surface area contributed by atoms with Crippen molar-refractivity contribution in [1.82, 2.24) is 0 Å². The highest BCUT2D eigenvalue weighted by atomic mass is 79.9. The summed E-state index contributed by atoms with van der Waals surface area (Å²) < 4.78 is 3.05. The standard InChI is InChI=1S/C14H18Br3N/c1-5-6-7-11-8(2)12(16)13(17)14(9(11)3)18-10(4)15/h5-7H2,1-4H3. The van der Waals surface area contributed by atoms with Crippen molar-refractivity contribution in [1.29, 1.82) is 0 Å². The molecule has 0 spiro atoms. The Hall–Kier alpha value is 0.330. The predicted octanol–water partition coefficient (Wildman–Crippen LogP) is 6.62. The van der Waals surface area contributed by atoms with Gasteiger partial charge in [-0.25, -0.2) is 4.99 Å². The molecule has 0 aliphatic rings. The van der Waals surface area contributed by atoms with Crippen molar-refractivity contribution < 1.29 is 0 Å². The van der Waals surface area contributed by atoms with Crippen LogP contribution in [0.3, 0.4) is 0 Å². The van der Waals surface area contributed by atoms with Gasteiger partial charge in [0.2, 0.25) is 0 Å². The number of halogens is 3. The molecule has 1 rings (SSSR count). The molecule has 1 aromatic rings. The fourth-order valence-corrected chi connectivity index (χ4v) is 3.29. The zero-order chi connectivity index (χ0) is 13.9. The Morgan fingerprint density at radius 1 is 1.11 bits per heavy atom. The second kappa shape index (κ2) is 7.20. The molecule has 4 heteroatoms. The van der Waals surface area contributed by atoms with Crippen molar-refractivity contribution in [2.45, 2.75) is 47.0 Å². The van der Waals surface area contributed by atoms with E-state index in [-0.39, 0.29) is 0 Å². The van der Waals surface area contributed by atoms with Crippen LogP contribution in [0.2, 0.25) is 0 Å². The first-order valence-electron chi connectivity index (χ1n) is 6.07. The van der Waals surface area contributed by atoms with Crippen LogP contribution in [-0.4, -0.2) is 4.62 Å².